The molecular formula is C19H26N4O5S. The third kappa shape index (κ3) is 4.95. The summed E-state index contributed by atoms with van der Waals surface area (Å²) in [5.74, 6) is 1.07. The van der Waals surface area contributed by atoms with E-state index in [1.54, 1.807) is 19.1 Å². The van der Waals surface area contributed by atoms with Crippen molar-refractivity contribution in [1.82, 2.24) is 14.2 Å². The lowest BCUT2D eigenvalue weighted by molar-refractivity contribution is 0.0526. The first kappa shape index (κ1) is 21.3. The number of ether oxygens (including phenoxy) is 1. The Kier molecular flexibility index (Phi) is 6.56. The highest BCUT2D eigenvalue weighted by atomic mass is 32.2. The SMILES string of the molecule is CCOC(=O)c1ccc(N2CCN(Cc3ccc(S(=O)(=O)N(C)C)o3)CC2)nc1. The van der Waals surface area contributed by atoms with Crippen molar-refractivity contribution in [1.29, 1.82) is 0 Å². The number of carbonyl (C=O) groups is 1. The summed E-state index contributed by atoms with van der Waals surface area (Å²) in [6.45, 7) is 5.77. The van der Waals surface area contributed by atoms with Gasteiger partial charge >= 0.3 is 5.97 Å². The predicted octanol–water partition coefficient (Wildman–Crippen LogP) is 1.42. The van der Waals surface area contributed by atoms with Gasteiger partial charge in [-0.2, -0.15) is 0 Å². The van der Waals surface area contributed by atoms with Crippen molar-refractivity contribution in [2.75, 3.05) is 51.8 Å². The molecule has 0 bridgehead atoms. The first-order valence-corrected chi connectivity index (χ1v) is 10.9. The van der Waals surface area contributed by atoms with Crippen LogP contribution in [-0.2, 0) is 21.3 Å². The second-order valence-corrected chi connectivity index (χ2v) is 8.98. The van der Waals surface area contributed by atoms with E-state index in [1.807, 2.05) is 6.07 Å². The molecule has 1 saturated heterocycles. The van der Waals surface area contributed by atoms with Crippen LogP contribution in [0.3, 0.4) is 0 Å². The van der Waals surface area contributed by atoms with E-state index in [0.717, 1.165) is 36.3 Å². The summed E-state index contributed by atoms with van der Waals surface area (Å²) in [5.41, 5.74) is 0.440. The zero-order chi connectivity index (χ0) is 21.0. The van der Waals surface area contributed by atoms with Crippen molar-refractivity contribution >= 4 is 21.8 Å². The highest BCUT2D eigenvalue weighted by Crippen LogP contribution is 2.20. The lowest BCUT2D eigenvalue weighted by Gasteiger charge is -2.35. The fourth-order valence-corrected chi connectivity index (χ4v) is 3.84. The summed E-state index contributed by atoms with van der Waals surface area (Å²) in [4.78, 5) is 20.4. The Balaban J connectivity index is 1.55. The number of rotatable bonds is 7. The van der Waals surface area contributed by atoms with E-state index in [4.69, 9.17) is 9.15 Å². The molecule has 0 N–H and O–H groups in total. The third-order valence-electron chi connectivity index (χ3n) is 4.71. The number of hydrogen-bond donors (Lipinski definition) is 0. The van der Waals surface area contributed by atoms with Gasteiger partial charge in [0.05, 0.1) is 18.7 Å². The minimum atomic E-state index is -3.56. The minimum absolute atomic E-state index is 0.0398. The Hall–Kier alpha value is -2.43. The molecule has 0 amide bonds. The zero-order valence-electron chi connectivity index (χ0n) is 16.9. The first-order valence-electron chi connectivity index (χ1n) is 9.43. The maximum Gasteiger partial charge on any atom is 0.339 e. The Morgan fingerprint density at radius 3 is 2.48 bits per heavy atom. The number of anilines is 1. The second kappa shape index (κ2) is 8.93. The van der Waals surface area contributed by atoms with Gasteiger partial charge in [0.25, 0.3) is 10.0 Å². The molecule has 29 heavy (non-hydrogen) atoms. The predicted molar refractivity (Wildman–Crippen MR) is 107 cm³/mol. The van der Waals surface area contributed by atoms with Crippen molar-refractivity contribution in [3.05, 3.63) is 41.8 Å². The van der Waals surface area contributed by atoms with Gasteiger partial charge in [-0.15, -0.1) is 0 Å². The van der Waals surface area contributed by atoms with E-state index in [-0.39, 0.29) is 11.1 Å². The van der Waals surface area contributed by atoms with E-state index in [0.29, 0.717) is 24.5 Å². The molecule has 0 atom stereocenters. The van der Waals surface area contributed by atoms with Crippen LogP contribution in [0.2, 0.25) is 0 Å². The van der Waals surface area contributed by atoms with Crippen molar-refractivity contribution in [3.8, 4) is 0 Å². The van der Waals surface area contributed by atoms with E-state index in [2.05, 4.69) is 14.8 Å². The molecule has 1 fully saturated rings. The van der Waals surface area contributed by atoms with Crippen molar-refractivity contribution < 1.29 is 22.4 Å². The lowest BCUT2D eigenvalue weighted by atomic mass is 10.2. The number of sulfonamides is 1. The van der Waals surface area contributed by atoms with Crippen molar-refractivity contribution in [2.45, 2.75) is 18.6 Å². The fraction of sp³-hybridized carbons (Fsp3) is 0.474. The third-order valence-corrected chi connectivity index (χ3v) is 6.40. The standard InChI is InChI=1S/C19H26N4O5S/c1-4-27-19(24)15-5-7-17(20-13-15)23-11-9-22(10-12-23)14-16-6-8-18(28-16)29(25,26)21(2)3/h5-8,13H,4,9-12,14H2,1-3H3. The van der Waals surface area contributed by atoms with Crippen LogP contribution in [0.15, 0.2) is 40.0 Å². The summed E-state index contributed by atoms with van der Waals surface area (Å²) in [5, 5.41) is -0.0398. The Labute approximate surface area is 170 Å². The van der Waals surface area contributed by atoms with Gasteiger partial charge in [-0.05, 0) is 31.2 Å². The molecule has 0 saturated carbocycles. The molecule has 1 aliphatic heterocycles. The van der Waals surface area contributed by atoms with Gasteiger partial charge in [-0.25, -0.2) is 22.5 Å². The molecule has 158 valence electrons. The molecule has 0 aromatic carbocycles. The Morgan fingerprint density at radius 1 is 1.17 bits per heavy atom. The number of hydrogen-bond acceptors (Lipinski definition) is 8. The number of nitrogens with zero attached hydrogens (tertiary/aromatic N) is 4. The monoisotopic (exact) mass is 422 g/mol. The second-order valence-electron chi connectivity index (χ2n) is 6.90. The molecule has 0 aliphatic carbocycles. The molecule has 1 aliphatic rings. The minimum Gasteiger partial charge on any atom is -0.462 e. The van der Waals surface area contributed by atoms with Crippen LogP contribution >= 0.6 is 0 Å². The van der Waals surface area contributed by atoms with Crippen LogP contribution in [0, 0.1) is 0 Å². The molecule has 3 rings (SSSR count). The van der Waals surface area contributed by atoms with Gasteiger partial charge in [0.1, 0.15) is 11.6 Å². The van der Waals surface area contributed by atoms with Crippen LogP contribution in [0.1, 0.15) is 23.0 Å². The lowest BCUT2D eigenvalue weighted by Crippen LogP contribution is -2.46. The van der Waals surface area contributed by atoms with Gasteiger partial charge in [-0.1, -0.05) is 0 Å². The summed E-state index contributed by atoms with van der Waals surface area (Å²) in [6, 6.07) is 6.75. The molecular weight excluding hydrogens is 396 g/mol. The highest BCUT2D eigenvalue weighted by molar-refractivity contribution is 7.88. The number of carbonyl (C=O) groups excluding carboxylic acids is 1. The zero-order valence-corrected chi connectivity index (χ0v) is 17.7. The quantitative estimate of drug-likeness (QED) is 0.618. The Bertz CT molecular complexity index is 932. The van der Waals surface area contributed by atoms with Crippen LogP contribution in [0.5, 0.6) is 0 Å². The van der Waals surface area contributed by atoms with Gasteiger partial charge in [0.15, 0.2) is 0 Å². The molecule has 9 nitrogen and oxygen atoms in total. The van der Waals surface area contributed by atoms with Gasteiger partial charge in [-0.3, -0.25) is 4.90 Å². The van der Waals surface area contributed by atoms with Gasteiger partial charge in [0.2, 0.25) is 5.09 Å². The fourth-order valence-electron chi connectivity index (χ4n) is 3.03. The summed E-state index contributed by atoms with van der Waals surface area (Å²) >= 11 is 0. The van der Waals surface area contributed by atoms with Crippen LogP contribution in [0.4, 0.5) is 5.82 Å². The molecule has 3 heterocycles. The first-order chi connectivity index (χ1) is 13.8. The Morgan fingerprint density at radius 2 is 1.90 bits per heavy atom. The molecule has 2 aromatic rings. The highest BCUT2D eigenvalue weighted by Gasteiger charge is 2.23. The number of piperazine rings is 1. The van der Waals surface area contributed by atoms with E-state index >= 15 is 0 Å². The van der Waals surface area contributed by atoms with Crippen molar-refractivity contribution in [3.63, 3.8) is 0 Å². The average molecular weight is 423 g/mol. The van der Waals surface area contributed by atoms with Crippen LogP contribution < -0.4 is 4.90 Å². The van der Waals surface area contributed by atoms with E-state index < -0.39 is 10.0 Å². The molecule has 0 radical (unpaired) electrons. The van der Waals surface area contributed by atoms with Gasteiger partial charge in [0, 0.05) is 46.5 Å². The number of pyridine rings is 1. The average Bonchev–Trinajstić information content (AvgIpc) is 3.18. The largest absolute Gasteiger partial charge is 0.462 e. The number of esters is 1. The summed E-state index contributed by atoms with van der Waals surface area (Å²) in [6.07, 6.45) is 1.54. The summed E-state index contributed by atoms with van der Waals surface area (Å²) in [7, 11) is -0.604. The smallest absolute Gasteiger partial charge is 0.339 e. The van der Waals surface area contributed by atoms with Crippen molar-refractivity contribution in [2.24, 2.45) is 0 Å². The van der Waals surface area contributed by atoms with Crippen LogP contribution in [-0.4, -0.2) is 75.5 Å². The maximum atomic E-state index is 12.1. The maximum absolute atomic E-state index is 12.1. The summed E-state index contributed by atoms with van der Waals surface area (Å²) < 4.78 is 35.9. The normalized spacial score (nSPS) is 15.7. The van der Waals surface area contributed by atoms with Crippen LogP contribution in [0.25, 0.3) is 0 Å². The van der Waals surface area contributed by atoms with Gasteiger partial charge < -0.3 is 14.1 Å². The molecule has 10 heteroatoms. The number of furan rings is 1. The molecule has 0 unspecified atom stereocenters. The molecule has 0 spiro atoms. The van der Waals surface area contributed by atoms with E-state index in [9.17, 15) is 13.2 Å². The number of aromatic nitrogens is 1. The topological polar surface area (TPSA) is 96.2 Å². The molecule has 2 aromatic heterocycles. The van der Waals surface area contributed by atoms with E-state index in [1.165, 1.54) is 26.4 Å².